The van der Waals surface area contributed by atoms with Gasteiger partial charge in [0.1, 0.15) is 5.75 Å². The highest BCUT2D eigenvalue weighted by Crippen LogP contribution is 2.33. The summed E-state index contributed by atoms with van der Waals surface area (Å²) in [6.45, 7) is 1.35. The highest BCUT2D eigenvalue weighted by Gasteiger charge is 2.17. The van der Waals surface area contributed by atoms with Crippen molar-refractivity contribution in [3.8, 4) is 5.75 Å². The summed E-state index contributed by atoms with van der Waals surface area (Å²) >= 11 is 3.07. The predicted octanol–water partition coefficient (Wildman–Crippen LogP) is 3.60. The van der Waals surface area contributed by atoms with Crippen LogP contribution in [0.15, 0.2) is 16.6 Å². The van der Waals surface area contributed by atoms with Crippen LogP contribution in [0.1, 0.15) is 29.3 Å². The average Bonchev–Trinajstić information content (AvgIpc) is 2.15. The molecule has 0 aliphatic carbocycles. The molecule has 5 heteroatoms. The maximum Gasteiger partial charge on any atom is 0.264 e. The van der Waals surface area contributed by atoms with Gasteiger partial charge >= 0.3 is 0 Å². The fourth-order valence-corrected chi connectivity index (χ4v) is 1.97. The van der Waals surface area contributed by atoms with Crippen molar-refractivity contribution in [2.45, 2.75) is 13.3 Å². The van der Waals surface area contributed by atoms with Crippen molar-refractivity contribution in [3.05, 3.63) is 27.7 Å². The van der Waals surface area contributed by atoms with Gasteiger partial charge in [0.15, 0.2) is 5.78 Å². The van der Waals surface area contributed by atoms with Gasteiger partial charge in [-0.2, -0.15) is 0 Å². The zero-order chi connectivity index (χ0) is 11.6. The Labute approximate surface area is 94.4 Å². The Bertz CT molecular complexity index is 391. The third-order valence-electron chi connectivity index (χ3n) is 1.90. The SMILES string of the molecule is COc1cc(C(F)F)cc(Br)c1C(C)=O. The van der Waals surface area contributed by atoms with E-state index < -0.39 is 6.43 Å². The van der Waals surface area contributed by atoms with Crippen molar-refractivity contribution in [1.82, 2.24) is 0 Å². The minimum atomic E-state index is -2.59. The number of hydrogen-bond acceptors (Lipinski definition) is 2. The first-order valence-corrected chi connectivity index (χ1v) is 4.93. The summed E-state index contributed by atoms with van der Waals surface area (Å²) in [6.07, 6.45) is -2.59. The molecule has 0 radical (unpaired) electrons. The molecule has 0 N–H and O–H groups in total. The number of ketones is 1. The topological polar surface area (TPSA) is 26.3 Å². The third kappa shape index (κ3) is 2.53. The molecule has 0 aliphatic heterocycles. The second-order valence-corrected chi connectivity index (χ2v) is 3.79. The molecule has 1 rings (SSSR count). The standard InChI is InChI=1S/C10H9BrF2O2/c1-5(14)9-7(11)3-6(10(12)13)4-8(9)15-2/h3-4,10H,1-2H3. The number of carbonyl (C=O) groups excluding carboxylic acids is 1. The van der Waals surface area contributed by atoms with Crippen LogP contribution in [0.5, 0.6) is 5.75 Å². The van der Waals surface area contributed by atoms with Crippen LogP contribution < -0.4 is 4.74 Å². The molecule has 0 aliphatic rings. The Hall–Kier alpha value is -0.970. The number of rotatable bonds is 3. The largest absolute Gasteiger partial charge is 0.496 e. The minimum Gasteiger partial charge on any atom is -0.496 e. The summed E-state index contributed by atoms with van der Waals surface area (Å²) in [5, 5.41) is 0. The van der Waals surface area contributed by atoms with E-state index in [9.17, 15) is 13.6 Å². The van der Waals surface area contributed by atoms with Gasteiger partial charge in [0.25, 0.3) is 6.43 Å². The summed E-state index contributed by atoms with van der Waals surface area (Å²) in [5.74, 6) is -0.0771. The van der Waals surface area contributed by atoms with Crippen molar-refractivity contribution in [1.29, 1.82) is 0 Å². The number of ether oxygens (including phenoxy) is 1. The van der Waals surface area contributed by atoms with Gasteiger partial charge in [-0.05, 0) is 35.0 Å². The zero-order valence-corrected chi connectivity index (χ0v) is 9.77. The Morgan fingerprint density at radius 2 is 2.07 bits per heavy atom. The molecule has 82 valence electrons. The first-order valence-electron chi connectivity index (χ1n) is 4.14. The Balaban J connectivity index is 3.37. The zero-order valence-electron chi connectivity index (χ0n) is 8.18. The second kappa shape index (κ2) is 4.70. The molecule has 1 aromatic rings. The van der Waals surface area contributed by atoms with Crippen LogP contribution in [0.2, 0.25) is 0 Å². The summed E-state index contributed by atoms with van der Waals surface area (Å²) in [5.41, 5.74) is 0.102. The van der Waals surface area contributed by atoms with Crippen molar-refractivity contribution < 1.29 is 18.3 Å². The van der Waals surface area contributed by atoms with Crippen molar-refractivity contribution >= 4 is 21.7 Å². The van der Waals surface area contributed by atoms with Crippen molar-refractivity contribution in [2.24, 2.45) is 0 Å². The molecule has 15 heavy (non-hydrogen) atoms. The van der Waals surface area contributed by atoms with Crippen LogP contribution >= 0.6 is 15.9 Å². The number of hydrogen-bond donors (Lipinski definition) is 0. The number of methoxy groups -OCH3 is 1. The van der Waals surface area contributed by atoms with E-state index in [1.54, 1.807) is 0 Å². The molecule has 0 heterocycles. The third-order valence-corrected chi connectivity index (χ3v) is 2.53. The molecular weight excluding hydrogens is 270 g/mol. The van der Waals surface area contributed by atoms with Gasteiger partial charge in [-0.25, -0.2) is 8.78 Å². The summed E-state index contributed by atoms with van der Waals surface area (Å²) in [6, 6.07) is 2.40. The number of alkyl halides is 2. The molecule has 0 saturated heterocycles. The Morgan fingerprint density at radius 1 is 1.47 bits per heavy atom. The minimum absolute atomic E-state index is 0.159. The van der Waals surface area contributed by atoms with Crippen LogP contribution in [0.25, 0.3) is 0 Å². The molecule has 0 spiro atoms. The molecular formula is C10H9BrF2O2. The molecule has 1 aromatic carbocycles. The fraction of sp³-hybridized carbons (Fsp3) is 0.300. The first kappa shape index (κ1) is 12.1. The number of carbonyl (C=O) groups is 1. The van der Waals surface area contributed by atoms with E-state index in [0.717, 1.165) is 0 Å². The molecule has 0 unspecified atom stereocenters. The second-order valence-electron chi connectivity index (χ2n) is 2.94. The van der Waals surface area contributed by atoms with E-state index in [-0.39, 0.29) is 22.7 Å². The average molecular weight is 279 g/mol. The fourth-order valence-electron chi connectivity index (χ4n) is 1.23. The van der Waals surface area contributed by atoms with E-state index in [2.05, 4.69) is 15.9 Å². The summed E-state index contributed by atoms with van der Waals surface area (Å²) < 4.78 is 30.1. The van der Waals surface area contributed by atoms with Gasteiger partial charge in [-0.15, -0.1) is 0 Å². The van der Waals surface area contributed by atoms with Crippen LogP contribution in [0.3, 0.4) is 0 Å². The van der Waals surface area contributed by atoms with E-state index in [0.29, 0.717) is 4.47 Å². The number of halogens is 3. The quantitative estimate of drug-likeness (QED) is 0.790. The van der Waals surface area contributed by atoms with E-state index in [1.807, 2.05) is 0 Å². The van der Waals surface area contributed by atoms with Crippen LogP contribution in [-0.4, -0.2) is 12.9 Å². The molecule has 2 nitrogen and oxygen atoms in total. The Morgan fingerprint density at radius 3 is 2.47 bits per heavy atom. The maximum absolute atomic E-state index is 12.4. The monoisotopic (exact) mass is 278 g/mol. The number of benzene rings is 1. The smallest absolute Gasteiger partial charge is 0.264 e. The lowest BCUT2D eigenvalue weighted by atomic mass is 10.1. The lowest BCUT2D eigenvalue weighted by Gasteiger charge is -2.10. The predicted molar refractivity (Wildman–Crippen MR) is 55.7 cm³/mol. The molecule has 0 bridgehead atoms. The van der Waals surface area contributed by atoms with Crippen LogP contribution in [-0.2, 0) is 0 Å². The molecule has 0 aromatic heterocycles. The van der Waals surface area contributed by atoms with Crippen LogP contribution in [0, 0.1) is 0 Å². The molecule has 0 fully saturated rings. The van der Waals surface area contributed by atoms with Gasteiger partial charge in [0, 0.05) is 10.0 Å². The van der Waals surface area contributed by atoms with Gasteiger partial charge in [0.05, 0.1) is 12.7 Å². The summed E-state index contributed by atoms with van der Waals surface area (Å²) in [7, 11) is 1.34. The van der Waals surface area contributed by atoms with Gasteiger partial charge < -0.3 is 4.74 Å². The molecule has 0 atom stereocenters. The lowest BCUT2D eigenvalue weighted by Crippen LogP contribution is -2.00. The van der Waals surface area contributed by atoms with E-state index in [4.69, 9.17) is 4.74 Å². The van der Waals surface area contributed by atoms with Crippen molar-refractivity contribution in [2.75, 3.05) is 7.11 Å². The normalized spacial score (nSPS) is 10.5. The highest BCUT2D eigenvalue weighted by atomic mass is 79.9. The molecule has 0 amide bonds. The van der Waals surface area contributed by atoms with E-state index in [1.165, 1.54) is 26.2 Å². The van der Waals surface area contributed by atoms with Gasteiger partial charge in [-0.3, -0.25) is 4.79 Å². The first-order chi connectivity index (χ1) is 6.97. The number of Topliss-reactive ketones (excluding diaryl/α,β-unsaturated/α-hetero) is 1. The highest BCUT2D eigenvalue weighted by molar-refractivity contribution is 9.10. The van der Waals surface area contributed by atoms with Crippen LogP contribution in [0.4, 0.5) is 8.78 Å². The summed E-state index contributed by atoms with van der Waals surface area (Å²) in [4.78, 5) is 11.2. The van der Waals surface area contributed by atoms with E-state index >= 15 is 0 Å². The Kier molecular flexibility index (Phi) is 3.79. The lowest BCUT2D eigenvalue weighted by molar-refractivity contribution is 0.101. The van der Waals surface area contributed by atoms with Crippen molar-refractivity contribution in [3.63, 3.8) is 0 Å². The maximum atomic E-state index is 12.4. The van der Waals surface area contributed by atoms with Gasteiger partial charge in [-0.1, -0.05) is 0 Å². The van der Waals surface area contributed by atoms with Gasteiger partial charge in [0.2, 0.25) is 0 Å². The molecule has 0 saturated carbocycles.